The number of aromatic nitrogens is 2. The number of carbonyl (C=O) groups is 1. The third-order valence-corrected chi connectivity index (χ3v) is 4.98. The van der Waals surface area contributed by atoms with E-state index in [2.05, 4.69) is 44.6 Å². The third-order valence-electron chi connectivity index (χ3n) is 4.98. The number of hydrogen-bond acceptors (Lipinski definition) is 6. The molecule has 1 aliphatic carbocycles. The molecule has 4 rings (SSSR count). The van der Waals surface area contributed by atoms with Gasteiger partial charge in [0.25, 0.3) is 5.91 Å². The Morgan fingerprint density at radius 3 is 2.62 bits per heavy atom. The van der Waals surface area contributed by atoms with Crippen LogP contribution in [0, 0.1) is 0 Å². The molecule has 1 aromatic heterocycles. The van der Waals surface area contributed by atoms with E-state index in [4.69, 9.17) is 5.73 Å². The van der Waals surface area contributed by atoms with Crippen molar-refractivity contribution in [3.8, 4) is 0 Å². The molecule has 2 aliphatic rings. The van der Waals surface area contributed by atoms with Crippen molar-refractivity contribution in [3.05, 3.63) is 36.0 Å². The predicted octanol–water partition coefficient (Wildman–Crippen LogP) is 2.88. The second kappa shape index (κ2) is 6.82. The van der Waals surface area contributed by atoms with E-state index in [9.17, 15) is 4.79 Å². The molecule has 2 fully saturated rings. The van der Waals surface area contributed by atoms with Crippen molar-refractivity contribution < 1.29 is 4.79 Å². The van der Waals surface area contributed by atoms with Gasteiger partial charge in [0.05, 0.1) is 5.56 Å². The SMILES string of the molecule is C[C@@H]1CCCN1c1ccc(Nc2ncc(C(N)=O)c(NC3CC3)n2)cc1. The minimum Gasteiger partial charge on any atom is -0.369 e. The summed E-state index contributed by atoms with van der Waals surface area (Å²) in [5.74, 6) is 0.421. The van der Waals surface area contributed by atoms with E-state index in [1.54, 1.807) is 0 Å². The van der Waals surface area contributed by atoms with E-state index in [-0.39, 0.29) is 0 Å². The van der Waals surface area contributed by atoms with Gasteiger partial charge < -0.3 is 21.3 Å². The fourth-order valence-electron chi connectivity index (χ4n) is 3.34. The molecule has 4 N–H and O–H groups in total. The first-order chi connectivity index (χ1) is 12.6. The molecular formula is C19H24N6O. The minimum atomic E-state index is -0.524. The highest BCUT2D eigenvalue weighted by Gasteiger charge is 2.24. The maximum Gasteiger partial charge on any atom is 0.254 e. The number of nitrogens with one attached hydrogen (secondary N) is 2. The second-order valence-corrected chi connectivity index (χ2v) is 7.10. The summed E-state index contributed by atoms with van der Waals surface area (Å²) in [6.07, 6.45) is 6.14. The van der Waals surface area contributed by atoms with Crippen molar-refractivity contribution in [3.63, 3.8) is 0 Å². The van der Waals surface area contributed by atoms with Crippen molar-refractivity contribution in [2.24, 2.45) is 5.73 Å². The van der Waals surface area contributed by atoms with Gasteiger partial charge in [-0.1, -0.05) is 0 Å². The smallest absolute Gasteiger partial charge is 0.254 e. The van der Waals surface area contributed by atoms with Crippen LogP contribution in [0.5, 0.6) is 0 Å². The Hall–Kier alpha value is -2.83. The van der Waals surface area contributed by atoms with Crippen LogP contribution < -0.4 is 21.3 Å². The van der Waals surface area contributed by atoms with Gasteiger partial charge >= 0.3 is 0 Å². The molecule has 2 aromatic rings. The minimum absolute atomic E-state index is 0.320. The van der Waals surface area contributed by atoms with Crippen molar-refractivity contribution in [2.75, 3.05) is 22.1 Å². The summed E-state index contributed by atoms with van der Waals surface area (Å²) >= 11 is 0. The molecule has 0 radical (unpaired) electrons. The lowest BCUT2D eigenvalue weighted by atomic mass is 10.2. The number of primary amides is 1. The average Bonchev–Trinajstić information content (AvgIpc) is 3.34. The molecule has 1 atom stereocenters. The average molecular weight is 352 g/mol. The van der Waals surface area contributed by atoms with Crippen LogP contribution >= 0.6 is 0 Å². The molecule has 1 aliphatic heterocycles. The Balaban J connectivity index is 1.50. The van der Waals surface area contributed by atoms with Crippen LogP contribution in [0.1, 0.15) is 43.0 Å². The van der Waals surface area contributed by atoms with Crippen LogP contribution in [0.25, 0.3) is 0 Å². The number of nitrogens with two attached hydrogens (primary N) is 1. The van der Waals surface area contributed by atoms with Crippen LogP contribution in [-0.2, 0) is 0 Å². The summed E-state index contributed by atoms with van der Waals surface area (Å²) in [4.78, 5) is 22.6. The van der Waals surface area contributed by atoms with Crippen LogP contribution in [0.4, 0.5) is 23.1 Å². The summed E-state index contributed by atoms with van der Waals surface area (Å²) in [5.41, 5.74) is 7.88. The zero-order valence-electron chi connectivity index (χ0n) is 14.9. The lowest BCUT2D eigenvalue weighted by Crippen LogP contribution is -2.25. The van der Waals surface area contributed by atoms with Crippen molar-refractivity contribution >= 4 is 29.0 Å². The fraction of sp³-hybridized carbons (Fsp3) is 0.421. The van der Waals surface area contributed by atoms with Crippen LogP contribution in [-0.4, -0.2) is 34.5 Å². The number of anilines is 4. The summed E-state index contributed by atoms with van der Waals surface area (Å²) in [7, 11) is 0. The zero-order chi connectivity index (χ0) is 18.1. The third kappa shape index (κ3) is 3.56. The van der Waals surface area contributed by atoms with Crippen molar-refractivity contribution in [1.82, 2.24) is 9.97 Å². The lowest BCUT2D eigenvalue weighted by Gasteiger charge is -2.24. The topological polar surface area (TPSA) is 96.2 Å². The molecule has 1 saturated carbocycles. The predicted molar refractivity (Wildman–Crippen MR) is 103 cm³/mol. The summed E-state index contributed by atoms with van der Waals surface area (Å²) in [6, 6.07) is 9.25. The van der Waals surface area contributed by atoms with Gasteiger partial charge in [0.2, 0.25) is 5.95 Å². The maximum absolute atomic E-state index is 11.6. The monoisotopic (exact) mass is 352 g/mol. The number of amides is 1. The standard InChI is InChI=1S/C19H24N6O/c1-12-3-2-10-25(12)15-8-6-14(7-9-15)23-19-21-11-16(17(20)26)18(24-19)22-13-4-5-13/h6-9,11-13H,2-5,10H2,1H3,(H2,20,26)(H2,21,22,23,24)/t12-/m1/s1. The van der Waals surface area contributed by atoms with Gasteiger partial charge in [-0.2, -0.15) is 4.98 Å². The highest BCUT2D eigenvalue weighted by molar-refractivity contribution is 5.97. The van der Waals surface area contributed by atoms with Crippen molar-refractivity contribution in [2.45, 2.75) is 44.7 Å². The number of carbonyl (C=O) groups excluding carboxylic acids is 1. The molecule has 2 heterocycles. The first-order valence-electron chi connectivity index (χ1n) is 9.17. The fourth-order valence-corrected chi connectivity index (χ4v) is 3.34. The quantitative estimate of drug-likeness (QED) is 0.740. The summed E-state index contributed by atoms with van der Waals surface area (Å²) in [6.45, 7) is 3.38. The Morgan fingerprint density at radius 2 is 2.00 bits per heavy atom. The molecule has 1 aromatic carbocycles. The molecule has 1 amide bonds. The van der Waals surface area contributed by atoms with E-state index in [0.29, 0.717) is 29.4 Å². The van der Waals surface area contributed by atoms with E-state index < -0.39 is 5.91 Å². The zero-order valence-corrected chi connectivity index (χ0v) is 14.9. The summed E-state index contributed by atoms with van der Waals surface area (Å²) < 4.78 is 0. The molecule has 0 spiro atoms. The van der Waals surface area contributed by atoms with Gasteiger partial charge in [0.15, 0.2) is 0 Å². The van der Waals surface area contributed by atoms with Crippen LogP contribution in [0.2, 0.25) is 0 Å². The van der Waals surface area contributed by atoms with Gasteiger partial charge in [-0.3, -0.25) is 4.79 Å². The Labute approximate surface area is 153 Å². The van der Waals surface area contributed by atoms with E-state index >= 15 is 0 Å². The van der Waals surface area contributed by atoms with Crippen LogP contribution in [0.15, 0.2) is 30.5 Å². The van der Waals surface area contributed by atoms with Gasteiger partial charge in [-0.25, -0.2) is 4.98 Å². The van der Waals surface area contributed by atoms with E-state index in [0.717, 1.165) is 25.1 Å². The van der Waals surface area contributed by atoms with Gasteiger partial charge in [-0.05, 0) is 56.9 Å². The van der Waals surface area contributed by atoms with Crippen molar-refractivity contribution in [1.29, 1.82) is 0 Å². The number of hydrogen-bond donors (Lipinski definition) is 3. The molecule has 1 saturated heterocycles. The number of rotatable bonds is 6. The van der Waals surface area contributed by atoms with Gasteiger partial charge in [0, 0.05) is 36.2 Å². The first kappa shape index (κ1) is 16.6. The van der Waals surface area contributed by atoms with Gasteiger partial charge in [-0.15, -0.1) is 0 Å². The van der Waals surface area contributed by atoms with E-state index in [1.165, 1.54) is 24.7 Å². The first-order valence-corrected chi connectivity index (χ1v) is 9.17. The highest BCUT2D eigenvalue weighted by Crippen LogP contribution is 2.28. The van der Waals surface area contributed by atoms with Crippen LogP contribution in [0.3, 0.4) is 0 Å². The molecule has 7 nitrogen and oxygen atoms in total. The Morgan fingerprint density at radius 1 is 1.23 bits per heavy atom. The molecule has 7 heteroatoms. The lowest BCUT2D eigenvalue weighted by molar-refractivity contribution is 0.100. The molecule has 26 heavy (non-hydrogen) atoms. The van der Waals surface area contributed by atoms with E-state index in [1.807, 2.05) is 12.1 Å². The van der Waals surface area contributed by atoms with Gasteiger partial charge in [0.1, 0.15) is 5.82 Å². The number of nitrogens with zero attached hydrogens (tertiary/aromatic N) is 3. The Kier molecular flexibility index (Phi) is 4.36. The largest absolute Gasteiger partial charge is 0.369 e. The molecule has 0 unspecified atom stereocenters. The normalized spacial score (nSPS) is 19.4. The molecular weight excluding hydrogens is 328 g/mol. The highest BCUT2D eigenvalue weighted by atomic mass is 16.1. The molecule has 0 bridgehead atoms. The maximum atomic E-state index is 11.6. The second-order valence-electron chi connectivity index (χ2n) is 7.10. The number of benzene rings is 1. The Bertz CT molecular complexity index is 802. The molecule has 136 valence electrons. The summed E-state index contributed by atoms with van der Waals surface area (Å²) in [5, 5.41) is 6.44.